The van der Waals surface area contributed by atoms with Gasteiger partial charge >= 0.3 is 5.97 Å². The third-order valence-electron chi connectivity index (χ3n) is 5.06. The number of pyridine rings is 1. The third-order valence-corrected chi connectivity index (χ3v) is 5.06. The van der Waals surface area contributed by atoms with Crippen LogP contribution in [-0.4, -0.2) is 17.6 Å². The van der Waals surface area contributed by atoms with Crippen molar-refractivity contribution in [1.29, 1.82) is 0 Å². The summed E-state index contributed by atoms with van der Waals surface area (Å²) in [6, 6.07) is 22.2. The Labute approximate surface area is 165 Å². The highest BCUT2D eigenvalue weighted by Crippen LogP contribution is 2.32. The van der Waals surface area contributed by atoms with Crippen LogP contribution in [0.5, 0.6) is 0 Å². The Kier molecular flexibility index (Phi) is 4.82. The minimum atomic E-state index is -0.312. The van der Waals surface area contributed by atoms with Gasteiger partial charge in [-0.1, -0.05) is 74.5 Å². The Balaban J connectivity index is 2.00. The van der Waals surface area contributed by atoms with Crippen LogP contribution in [0.1, 0.15) is 42.6 Å². The van der Waals surface area contributed by atoms with E-state index in [1.807, 2.05) is 49.4 Å². The number of benzene rings is 3. The fourth-order valence-corrected chi connectivity index (χ4v) is 3.69. The molecule has 0 unspecified atom stereocenters. The molecule has 0 saturated heterocycles. The molecule has 3 aromatic carbocycles. The zero-order valence-electron chi connectivity index (χ0n) is 16.4. The van der Waals surface area contributed by atoms with Crippen LogP contribution in [-0.2, 0) is 4.74 Å². The van der Waals surface area contributed by atoms with E-state index < -0.39 is 0 Å². The second-order valence-electron chi connectivity index (χ2n) is 7.20. The van der Waals surface area contributed by atoms with E-state index in [0.29, 0.717) is 18.1 Å². The van der Waals surface area contributed by atoms with Crippen LogP contribution in [0, 0.1) is 0 Å². The van der Waals surface area contributed by atoms with Crippen molar-refractivity contribution in [2.24, 2.45) is 0 Å². The maximum atomic E-state index is 12.8. The monoisotopic (exact) mass is 369 g/mol. The molecule has 0 fully saturated rings. The molecule has 0 spiro atoms. The summed E-state index contributed by atoms with van der Waals surface area (Å²) in [5, 5.41) is 3.00. The molecule has 4 rings (SSSR count). The summed E-state index contributed by atoms with van der Waals surface area (Å²) < 4.78 is 5.38. The molecule has 0 saturated carbocycles. The first-order valence-corrected chi connectivity index (χ1v) is 9.69. The molecule has 1 aromatic heterocycles. The third kappa shape index (κ3) is 3.13. The Hall–Kier alpha value is -3.20. The highest BCUT2D eigenvalue weighted by atomic mass is 16.5. The van der Waals surface area contributed by atoms with Gasteiger partial charge in [-0.05, 0) is 35.2 Å². The molecule has 0 aliphatic heterocycles. The van der Waals surface area contributed by atoms with Crippen molar-refractivity contribution in [2.75, 3.05) is 6.61 Å². The van der Waals surface area contributed by atoms with Gasteiger partial charge in [-0.2, -0.15) is 0 Å². The predicted octanol–water partition coefficient (Wildman–Crippen LogP) is 6.36. The minimum Gasteiger partial charge on any atom is -0.462 e. The van der Waals surface area contributed by atoms with E-state index in [4.69, 9.17) is 9.72 Å². The van der Waals surface area contributed by atoms with Crippen molar-refractivity contribution < 1.29 is 9.53 Å². The second-order valence-corrected chi connectivity index (χ2v) is 7.20. The van der Waals surface area contributed by atoms with Gasteiger partial charge in [-0.25, -0.2) is 9.78 Å². The standard InChI is InChI=1S/C25H23NO2/c1-4-28-25(27)23-20-10-6-5-8-17(20)12-14-21(23)22-15-13-18-9-7-11-19(16(2)3)24(18)26-22/h5-16H,4H2,1-3H3. The molecule has 0 N–H and O–H groups in total. The van der Waals surface area contributed by atoms with E-state index in [1.165, 1.54) is 5.56 Å². The van der Waals surface area contributed by atoms with Crippen LogP contribution in [0.15, 0.2) is 66.7 Å². The highest BCUT2D eigenvalue weighted by molar-refractivity contribution is 6.10. The smallest absolute Gasteiger partial charge is 0.339 e. The molecule has 28 heavy (non-hydrogen) atoms. The van der Waals surface area contributed by atoms with Gasteiger partial charge in [0.2, 0.25) is 0 Å². The molecule has 0 aliphatic rings. The lowest BCUT2D eigenvalue weighted by Gasteiger charge is -2.14. The number of para-hydroxylation sites is 1. The number of nitrogens with zero attached hydrogens (tertiary/aromatic N) is 1. The molecule has 0 bridgehead atoms. The van der Waals surface area contributed by atoms with Crippen LogP contribution in [0.4, 0.5) is 0 Å². The largest absolute Gasteiger partial charge is 0.462 e. The predicted molar refractivity (Wildman–Crippen MR) is 115 cm³/mol. The number of esters is 1. The molecule has 3 nitrogen and oxygen atoms in total. The first-order valence-electron chi connectivity index (χ1n) is 9.69. The summed E-state index contributed by atoms with van der Waals surface area (Å²) in [7, 11) is 0. The summed E-state index contributed by atoms with van der Waals surface area (Å²) in [6.07, 6.45) is 0. The van der Waals surface area contributed by atoms with Crippen LogP contribution in [0.2, 0.25) is 0 Å². The minimum absolute atomic E-state index is 0.312. The number of hydrogen-bond donors (Lipinski definition) is 0. The molecule has 0 amide bonds. The Morgan fingerprint density at radius 3 is 2.46 bits per heavy atom. The number of fused-ring (bicyclic) bond motifs is 2. The quantitative estimate of drug-likeness (QED) is 0.393. The fraction of sp³-hybridized carbons (Fsp3) is 0.200. The second kappa shape index (κ2) is 7.43. The molecule has 0 radical (unpaired) electrons. The average molecular weight is 369 g/mol. The van der Waals surface area contributed by atoms with Crippen molar-refractivity contribution in [3.8, 4) is 11.3 Å². The molecule has 0 aliphatic carbocycles. The maximum absolute atomic E-state index is 12.8. The zero-order valence-corrected chi connectivity index (χ0v) is 16.4. The molecular formula is C25H23NO2. The molecular weight excluding hydrogens is 346 g/mol. The van der Waals surface area contributed by atoms with Crippen LogP contribution in [0.25, 0.3) is 32.9 Å². The topological polar surface area (TPSA) is 39.2 Å². The van der Waals surface area contributed by atoms with E-state index in [2.05, 4.69) is 38.1 Å². The van der Waals surface area contributed by atoms with E-state index >= 15 is 0 Å². The highest BCUT2D eigenvalue weighted by Gasteiger charge is 2.19. The van der Waals surface area contributed by atoms with E-state index in [-0.39, 0.29) is 5.97 Å². The van der Waals surface area contributed by atoms with E-state index in [9.17, 15) is 4.79 Å². The van der Waals surface area contributed by atoms with Crippen molar-refractivity contribution in [1.82, 2.24) is 4.98 Å². The molecule has 0 atom stereocenters. The van der Waals surface area contributed by atoms with Gasteiger partial charge in [0.25, 0.3) is 0 Å². The van der Waals surface area contributed by atoms with Crippen molar-refractivity contribution in [2.45, 2.75) is 26.7 Å². The lowest BCUT2D eigenvalue weighted by molar-refractivity contribution is 0.0529. The van der Waals surface area contributed by atoms with E-state index in [1.54, 1.807) is 0 Å². The SMILES string of the molecule is CCOC(=O)c1c(-c2ccc3cccc(C(C)C)c3n2)ccc2ccccc12. The van der Waals surface area contributed by atoms with Gasteiger partial charge in [-0.15, -0.1) is 0 Å². The number of aromatic nitrogens is 1. The summed E-state index contributed by atoms with van der Waals surface area (Å²) in [4.78, 5) is 17.8. The fourth-order valence-electron chi connectivity index (χ4n) is 3.69. The van der Waals surface area contributed by atoms with Crippen LogP contribution < -0.4 is 0 Å². The molecule has 3 heteroatoms. The van der Waals surface area contributed by atoms with Gasteiger partial charge in [0, 0.05) is 10.9 Å². The lowest BCUT2D eigenvalue weighted by atomic mass is 9.95. The number of rotatable bonds is 4. The van der Waals surface area contributed by atoms with Crippen LogP contribution in [0.3, 0.4) is 0 Å². The number of carbonyl (C=O) groups is 1. The van der Waals surface area contributed by atoms with Gasteiger partial charge in [0.1, 0.15) is 0 Å². The van der Waals surface area contributed by atoms with E-state index in [0.717, 1.165) is 32.9 Å². The normalized spacial score (nSPS) is 11.3. The summed E-state index contributed by atoms with van der Waals surface area (Å²) in [6.45, 7) is 6.50. The van der Waals surface area contributed by atoms with Crippen LogP contribution >= 0.6 is 0 Å². The average Bonchev–Trinajstić information content (AvgIpc) is 2.72. The van der Waals surface area contributed by atoms with Crippen molar-refractivity contribution in [3.63, 3.8) is 0 Å². The van der Waals surface area contributed by atoms with Crippen molar-refractivity contribution >= 4 is 27.6 Å². The summed E-state index contributed by atoms with van der Waals surface area (Å²) in [5.41, 5.74) is 4.36. The zero-order chi connectivity index (χ0) is 19.7. The molecule has 1 heterocycles. The lowest BCUT2D eigenvalue weighted by Crippen LogP contribution is -2.08. The maximum Gasteiger partial charge on any atom is 0.339 e. The Morgan fingerprint density at radius 1 is 0.929 bits per heavy atom. The number of hydrogen-bond acceptors (Lipinski definition) is 3. The van der Waals surface area contributed by atoms with Gasteiger partial charge in [-0.3, -0.25) is 0 Å². The first-order chi connectivity index (χ1) is 13.6. The Bertz CT molecular complexity index is 1180. The van der Waals surface area contributed by atoms with Gasteiger partial charge in [0.05, 0.1) is 23.4 Å². The number of ether oxygens (including phenoxy) is 1. The molecule has 140 valence electrons. The number of carbonyl (C=O) groups excluding carboxylic acids is 1. The molecule has 4 aromatic rings. The summed E-state index contributed by atoms with van der Waals surface area (Å²) in [5.74, 6) is 0.0564. The Morgan fingerprint density at radius 2 is 1.68 bits per heavy atom. The first kappa shape index (κ1) is 18.2. The van der Waals surface area contributed by atoms with Crippen molar-refractivity contribution in [3.05, 3.63) is 77.9 Å². The van der Waals surface area contributed by atoms with Gasteiger partial charge < -0.3 is 4.74 Å². The van der Waals surface area contributed by atoms with Gasteiger partial charge in [0.15, 0.2) is 0 Å². The summed E-state index contributed by atoms with van der Waals surface area (Å²) >= 11 is 0.